The van der Waals surface area contributed by atoms with Gasteiger partial charge in [-0.15, -0.1) is 0 Å². The fourth-order valence-electron chi connectivity index (χ4n) is 1.76. The van der Waals surface area contributed by atoms with Crippen LogP contribution in [0.1, 0.15) is 17.3 Å². The summed E-state index contributed by atoms with van der Waals surface area (Å²) in [6.45, 7) is 2.37. The first kappa shape index (κ1) is 15.3. The summed E-state index contributed by atoms with van der Waals surface area (Å²) in [5.41, 5.74) is 6.62. The van der Waals surface area contributed by atoms with Crippen LogP contribution in [0.25, 0.3) is 0 Å². The second kappa shape index (κ2) is 6.58. The van der Waals surface area contributed by atoms with Crippen LogP contribution in [-0.4, -0.2) is 12.5 Å². The number of rotatable bonds is 4. The van der Waals surface area contributed by atoms with Gasteiger partial charge in [0.25, 0.3) is 5.91 Å². The van der Waals surface area contributed by atoms with E-state index in [-0.39, 0.29) is 5.91 Å². The third-order valence-electron chi connectivity index (χ3n) is 2.67. The molecule has 0 saturated heterocycles. The highest BCUT2D eigenvalue weighted by molar-refractivity contribution is 9.10. The molecule has 0 aromatic heterocycles. The van der Waals surface area contributed by atoms with Crippen LogP contribution in [0.3, 0.4) is 0 Å². The van der Waals surface area contributed by atoms with E-state index in [0.29, 0.717) is 33.8 Å². The van der Waals surface area contributed by atoms with E-state index in [0.717, 1.165) is 0 Å². The first-order valence-electron chi connectivity index (χ1n) is 6.31. The summed E-state index contributed by atoms with van der Waals surface area (Å²) in [6.07, 6.45) is 0. The quantitative estimate of drug-likeness (QED) is 0.824. The lowest BCUT2D eigenvalue weighted by Gasteiger charge is -2.10. The summed E-state index contributed by atoms with van der Waals surface area (Å²) >= 11 is 3.19. The lowest BCUT2D eigenvalue weighted by Crippen LogP contribution is -2.22. The van der Waals surface area contributed by atoms with Crippen molar-refractivity contribution >= 4 is 27.5 Å². The molecule has 0 spiro atoms. The SMILES string of the molecule is CCNC(=O)c1ccc(Oc2cc(F)cc(Br)c2)c(N)c1. The van der Waals surface area contributed by atoms with Crippen molar-refractivity contribution in [2.75, 3.05) is 12.3 Å². The van der Waals surface area contributed by atoms with Crippen molar-refractivity contribution in [1.29, 1.82) is 0 Å². The van der Waals surface area contributed by atoms with Gasteiger partial charge >= 0.3 is 0 Å². The maximum atomic E-state index is 13.3. The van der Waals surface area contributed by atoms with Gasteiger partial charge in [-0.05, 0) is 37.3 Å². The fraction of sp³-hybridized carbons (Fsp3) is 0.133. The Hall–Kier alpha value is -2.08. The number of nitrogens with two attached hydrogens (primary N) is 1. The average Bonchev–Trinajstić information content (AvgIpc) is 2.40. The van der Waals surface area contributed by atoms with Crippen molar-refractivity contribution in [3.63, 3.8) is 0 Å². The first-order chi connectivity index (χ1) is 9.99. The molecule has 0 fully saturated rings. The van der Waals surface area contributed by atoms with Gasteiger partial charge in [-0.1, -0.05) is 15.9 Å². The number of halogens is 2. The van der Waals surface area contributed by atoms with E-state index in [9.17, 15) is 9.18 Å². The minimum atomic E-state index is -0.420. The molecule has 3 N–H and O–H groups in total. The smallest absolute Gasteiger partial charge is 0.251 e. The van der Waals surface area contributed by atoms with Crippen molar-refractivity contribution in [3.05, 3.63) is 52.3 Å². The lowest BCUT2D eigenvalue weighted by molar-refractivity contribution is 0.0956. The van der Waals surface area contributed by atoms with E-state index in [4.69, 9.17) is 10.5 Å². The number of nitrogen functional groups attached to an aromatic ring is 1. The zero-order valence-corrected chi connectivity index (χ0v) is 12.9. The van der Waals surface area contributed by atoms with Gasteiger partial charge in [0.15, 0.2) is 0 Å². The van der Waals surface area contributed by atoms with Crippen LogP contribution in [0.4, 0.5) is 10.1 Å². The number of carbonyl (C=O) groups excluding carboxylic acids is 1. The lowest BCUT2D eigenvalue weighted by atomic mass is 10.1. The standard InChI is InChI=1S/C15H14BrFN2O2/c1-2-19-15(20)9-3-4-14(13(18)5-9)21-12-7-10(16)6-11(17)8-12/h3-8H,2,18H2,1H3,(H,19,20). The highest BCUT2D eigenvalue weighted by Crippen LogP contribution is 2.30. The summed E-state index contributed by atoms with van der Waals surface area (Å²) in [4.78, 5) is 11.7. The molecule has 0 radical (unpaired) electrons. The first-order valence-corrected chi connectivity index (χ1v) is 7.10. The van der Waals surface area contributed by atoms with Gasteiger partial charge < -0.3 is 15.8 Å². The number of carbonyl (C=O) groups is 1. The third-order valence-corrected chi connectivity index (χ3v) is 3.13. The van der Waals surface area contributed by atoms with E-state index in [2.05, 4.69) is 21.2 Å². The van der Waals surface area contributed by atoms with Gasteiger partial charge in [0, 0.05) is 22.6 Å². The highest BCUT2D eigenvalue weighted by Gasteiger charge is 2.09. The van der Waals surface area contributed by atoms with Gasteiger partial charge in [-0.3, -0.25) is 4.79 Å². The molecule has 2 aromatic carbocycles. The van der Waals surface area contributed by atoms with Crippen LogP contribution >= 0.6 is 15.9 Å². The van der Waals surface area contributed by atoms with Crippen LogP contribution in [0.2, 0.25) is 0 Å². The normalized spacial score (nSPS) is 10.2. The van der Waals surface area contributed by atoms with Gasteiger partial charge in [-0.25, -0.2) is 4.39 Å². The monoisotopic (exact) mass is 352 g/mol. The number of hydrogen-bond donors (Lipinski definition) is 2. The molecule has 6 heteroatoms. The Morgan fingerprint density at radius 1 is 1.33 bits per heavy atom. The van der Waals surface area contributed by atoms with Crippen molar-refractivity contribution < 1.29 is 13.9 Å². The second-order valence-corrected chi connectivity index (χ2v) is 5.23. The van der Waals surface area contributed by atoms with Gasteiger partial charge in [0.05, 0.1) is 5.69 Å². The zero-order valence-electron chi connectivity index (χ0n) is 11.3. The zero-order chi connectivity index (χ0) is 15.4. The van der Waals surface area contributed by atoms with Crippen molar-refractivity contribution in [1.82, 2.24) is 5.32 Å². The number of amides is 1. The molecule has 110 valence electrons. The van der Waals surface area contributed by atoms with Crippen molar-refractivity contribution in [2.24, 2.45) is 0 Å². The van der Waals surface area contributed by atoms with E-state index in [1.807, 2.05) is 6.92 Å². The Labute approximate surface area is 130 Å². The molecule has 0 heterocycles. The van der Waals surface area contributed by atoms with Crippen LogP contribution in [0, 0.1) is 5.82 Å². The van der Waals surface area contributed by atoms with E-state index in [1.165, 1.54) is 18.2 Å². The molecular formula is C15H14BrFN2O2. The molecule has 0 unspecified atom stereocenters. The Bertz CT molecular complexity index is 656. The van der Waals surface area contributed by atoms with Gasteiger partial charge in [-0.2, -0.15) is 0 Å². The van der Waals surface area contributed by atoms with Crippen LogP contribution < -0.4 is 15.8 Å². The third kappa shape index (κ3) is 3.95. The van der Waals surface area contributed by atoms with E-state index >= 15 is 0 Å². The number of benzene rings is 2. The summed E-state index contributed by atoms with van der Waals surface area (Å²) in [5, 5.41) is 2.68. The minimum absolute atomic E-state index is 0.204. The molecular weight excluding hydrogens is 339 g/mol. The summed E-state index contributed by atoms with van der Waals surface area (Å²) in [5.74, 6) is 0.0565. The predicted molar refractivity (Wildman–Crippen MR) is 83.0 cm³/mol. The average molecular weight is 353 g/mol. The van der Waals surface area contributed by atoms with Crippen molar-refractivity contribution in [2.45, 2.75) is 6.92 Å². The maximum absolute atomic E-state index is 13.3. The number of ether oxygens (including phenoxy) is 1. The minimum Gasteiger partial charge on any atom is -0.455 e. The summed E-state index contributed by atoms with van der Waals surface area (Å²) in [6, 6.07) is 8.91. The van der Waals surface area contributed by atoms with Gasteiger partial charge in [0.1, 0.15) is 17.3 Å². The van der Waals surface area contributed by atoms with Crippen LogP contribution in [-0.2, 0) is 0 Å². The van der Waals surface area contributed by atoms with E-state index in [1.54, 1.807) is 18.2 Å². The van der Waals surface area contributed by atoms with Crippen LogP contribution in [0.15, 0.2) is 40.9 Å². The molecule has 0 aliphatic heterocycles. The Morgan fingerprint density at radius 2 is 2.10 bits per heavy atom. The summed E-state index contributed by atoms with van der Waals surface area (Å²) < 4.78 is 19.4. The topological polar surface area (TPSA) is 64.3 Å². The number of hydrogen-bond acceptors (Lipinski definition) is 3. The molecule has 0 saturated carbocycles. The molecule has 1 amide bonds. The van der Waals surface area contributed by atoms with Gasteiger partial charge in [0.2, 0.25) is 0 Å². The molecule has 4 nitrogen and oxygen atoms in total. The summed E-state index contributed by atoms with van der Waals surface area (Å²) in [7, 11) is 0. The number of nitrogens with one attached hydrogen (secondary N) is 1. The maximum Gasteiger partial charge on any atom is 0.251 e. The largest absolute Gasteiger partial charge is 0.455 e. The highest BCUT2D eigenvalue weighted by atomic mass is 79.9. The van der Waals surface area contributed by atoms with Crippen LogP contribution in [0.5, 0.6) is 11.5 Å². The van der Waals surface area contributed by atoms with Crippen molar-refractivity contribution in [3.8, 4) is 11.5 Å². The molecule has 0 bridgehead atoms. The molecule has 0 aliphatic carbocycles. The fourth-order valence-corrected chi connectivity index (χ4v) is 2.20. The molecule has 2 rings (SSSR count). The second-order valence-electron chi connectivity index (χ2n) is 4.32. The molecule has 21 heavy (non-hydrogen) atoms. The van der Waals surface area contributed by atoms with E-state index < -0.39 is 5.82 Å². The molecule has 0 aliphatic rings. The Morgan fingerprint density at radius 3 is 2.71 bits per heavy atom. The Balaban J connectivity index is 2.23. The molecule has 0 atom stereocenters. The molecule has 2 aromatic rings. The number of anilines is 1. The predicted octanol–water partition coefficient (Wildman–Crippen LogP) is 3.71. The Kier molecular flexibility index (Phi) is 4.80.